The van der Waals surface area contributed by atoms with Crippen molar-refractivity contribution in [3.05, 3.63) is 29.0 Å². The van der Waals surface area contributed by atoms with E-state index in [2.05, 4.69) is 22.6 Å². The summed E-state index contributed by atoms with van der Waals surface area (Å²) in [5.41, 5.74) is 1.06. The van der Waals surface area contributed by atoms with E-state index in [1.165, 1.54) is 0 Å². The van der Waals surface area contributed by atoms with Gasteiger partial charge in [-0.3, -0.25) is 0 Å². The Morgan fingerprint density at radius 3 is 2.87 bits per heavy atom. The normalized spacial score (nSPS) is 13.0. The third-order valence-electron chi connectivity index (χ3n) is 2.35. The molecule has 0 aliphatic heterocycles. The molecule has 15 heavy (non-hydrogen) atoms. The Hall–Kier alpha value is -1.13. The Bertz CT molecular complexity index is 447. The lowest BCUT2D eigenvalue weighted by molar-refractivity contribution is 0.547. The van der Waals surface area contributed by atoms with Gasteiger partial charge in [0, 0.05) is 11.4 Å². The summed E-state index contributed by atoms with van der Waals surface area (Å²) in [7, 11) is 1.93. The Labute approximate surface area is 93.2 Å². The van der Waals surface area contributed by atoms with E-state index in [0.29, 0.717) is 0 Å². The van der Waals surface area contributed by atoms with E-state index in [9.17, 15) is 0 Å². The van der Waals surface area contributed by atoms with E-state index < -0.39 is 0 Å². The monoisotopic (exact) mass is 222 g/mol. The number of nitrogens with zero attached hydrogens (tertiary/aromatic N) is 1. The number of rotatable bonds is 3. The summed E-state index contributed by atoms with van der Waals surface area (Å²) < 4.78 is 5.52. The van der Waals surface area contributed by atoms with Gasteiger partial charge in [-0.1, -0.05) is 0 Å². The molecule has 0 aromatic carbocycles. The number of thiazole rings is 1. The Morgan fingerprint density at radius 2 is 2.27 bits per heavy atom. The SMILES string of the molecule is CNC(C)c1csc(-c2ccc(C)o2)n1. The molecule has 2 heterocycles. The molecule has 0 bridgehead atoms. The fourth-order valence-corrected chi connectivity index (χ4v) is 2.17. The number of hydrogen-bond acceptors (Lipinski definition) is 4. The average molecular weight is 222 g/mol. The van der Waals surface area contributed by atoms with Crippen molar-refractivity contribution in [1.82, 2.24) is 10.3 Å². The molecule has 4 heteroatoms. The van der Waals surface area contributed by atoms with Crippen LogP contribution >= 0.6 is 11.3 Å². The first-order valence-corrected chi connectivity index (χ1v) is 5.78. The van der Waals surface area contributed by atoms with Crippen molar-refractivity contribution in [3.63, 3.8) is 0 Å². The predicted molar refractivity (Wildman–Crippen MR) is 62.0 cm³/mol. The first-order valence-electron chi connectivity index (χ1n) is 4.90. The highest BCUT2D eigenvalue weighted by molar-refractivity contribution is 7.13. The molecule has 3 nitrogen and oxygen atoms in total. The smallest absolute Gasteiger partial charge is 0.162 e. The Balaban J connectivity index is 2.27. The van der Waals surface area contributed by atoms with Crippen molar-refractivity contribution in [2.45, 2.75) is 19.9 Å². The molecule has 0 aliphatic rings. The summed E-state index contributed by atoms with van der Waals surface area (Å²) >= 11 is 1.61. The van der Waals surface area contributed by atoms with Crippen LogP contribution in [0.25, 0.3) is 10.8 Å². The van der Waals surface area contributed by atoms with Gasteiger partial charge in [0.1, 0.15) is 5.76 Å². The highest BCUT2D eigenvalue weighted by atomic mass is 32.1. The zero-order chi connectivity index (χ0) is 10.8. The molecule has 80 valence electrons. The third kappa shape index (κ3) is 2.11. The van der Waals surface area contributed by atoms with E-state index in [1.54, 1.807) is 11.3 Å². The standard InChI is InChI=1S/C11H14N2OS/c1-7-4-5-10(14-7)11-13-9(6-15-11)8(2)12-3/h4-6,8,12H,1-3H3. The maximum absolute atomic E-state index is 5.52. The van der Waals surface area contributed by atoms with Crippen molar-refractivity contribution < 1.29 is 4.42 Å². The molecule has 0 radical (unpaired) electrons. The van der Waals surface area contributed by atoms with E-state index in [0.717, 1.165) is 22.2 Å². The highest BCUT2D eigenvalue weighted by Gasteiger charge is 2.11. The Kier molecular flexibility index (Phi) is 2.88. The van der Waals surface area contributed by atoms with Crippen LogP contribution in [0.4, 0.5) is 0 Å². The van der Waals surface area contributed by atoms with Gasteiger partial charge in [0.25, 0.3) is 0 Å². The average Bonchev–Trinajstić information content (AvgIpc) is 2.84. The summed E-state index contributed by atoms with van der Waals surface area (Å²) in [6, 6.07) is 4.20. The molecule has 0 aliphatic carbocycles. The molecule has 0 amide bonds. The van der Waals surface area contributed by atoms with E-state index in [-0.39, 0.29) is 6.04 Å². The van der Waals surface area contributed by atoms with Gasteiger partial charge in [0.15, 0.2) is 10.8 Å². The van der Waals surface area contributed by atoms with Gasteiger partial charge in [-0.2, -0.15) is 0 Å². The van der Waals surface area contributed by atoms with E-state index >= 15 is 0 Å². The minimum atomic E-state index is 0.283. The number of aryl methyl sites for hydroxylation is 1. The van der Waals surface area contributed by atoms with Crippen molar-refractivity contribution in [2.24, 2.45) is 0 Å². The lowest BCUT2D eigenvalue weighted by Crippen LogP contribution is -2.12. The van der Waals surface area contributed by atoms with Crippen molar-refractivity contribution in [1.29, 1.82) is 0 Å². The van der Waals surface area contributed by atoms with Crippen LogP contribution in [0, 0.1) is 6.92 Å². The second-order valence-corrected chi connectivity index (χ2v) is 4.36. The summed E-state index contributed by atoms with van der Waals surface area (Å²) in [5, 5.41) is 6.17. The van der Waals surface area contributed by atoms with E-state index in [1.807, 2.05) is 26.1 Å². The van der Waals surface area contributed by atoms with Crippen LogP contribution in [0.3, 0.4) is 0 Å². The number of aromatic nitrogens is 1. The van der Waals surface area contributed by atoms with Crippen LogP contribution in [0.1, 0.15) is 24.4 Å². The number of nitrogens with one attached hydrogen (secondary N) is 1. The largest absolute Gasteiger partial charge is 0.459 e. The number of hydrogen-bond donors (Lipinski definition) is 1. The minimum absolute atomic E-state index is 0.283. The molecule has 0 spiro atoms. The molecular weight excluding hydrogens is 208 g/mol. The first kappa shape index (κ1) is 10.4. The number of furan rings is 1. The van der Waals surface area contributed by atoms with Crippen LogP contribution in [0.2, 0.25) is 0 Å². The van der Waals surface area contributed by atoms with E-state index in [4.69, 9.17) is 4.42 Å². The Morgan fingerprint density at radius 1 is 1.47 bits per heavy atom. The minimum Gasteiger partial charge on any atom is -0.459 e. The summed E-state index contributed by atoms with van der Waals surface area (Å²) in [5.74, 6) is 1.77. The molecule has 2 aromatic rings. The molecule has 2 rings (SSSR count). The first-order chi connectivity index (χ1) is 7.20. The predicted octanol–water partition coefficient (Wildman–Crippen LogP) is 2.99. The molecule has 1 atom stereocenters. The quantitative estimate of drug-likeness (QED) is 0.867. The molecule has 0 fully saturated rings. The summed E-state index contributed by atoms with van der Waals surface area (Å²) in [4.78, 5) is 4.53. The molecular formula is C11H14N2OS. The van der Waals surface area contributed by atoms with Gasteiger partial charge in [0.2, 0.25) is 0 Å². The second kappa shape index (κ2) is 4.16. The molecule has 0 saturated heterocycles. The van der Waals surface area contributed by atoms with Crippen LogP contribution < -0.4 is 5.32 Å². The molecule has 1 unspecified atom stereocenters. The van der Waals surface area contributed by atoms with Crippen LogP contribution in [-0.2, 0) is 0 Å². The van der Waals surface area contributed by atoms with Crippen molar-refractivity contribution in [3.8, 4) is 10.8 Å². The molecule has 2 aromatic heterocycles. The van der Waals surface area contributed by atoms with Gasteiger partial charge in [-0.25, -0.2) is 4.98 Å². The third-order valence-corrected chi connectivity index (χ3v) is 3.22. The maximum Gasteiger partial charge on any atom is 0.162 e. The van der Waals surface area contributed by atoms with Crippen LogP contribution in [-0.4, -0.2) is 12.0 Å². The fourth-order valence-electron chi connectivity index (χ4n) is 1.30. The van der Waals surface area contributed by atoms with Crippen LogP contribution in [0.15, 0.2) is 21.9 Å². The zero-order valence-corrected chi connectivity index (χ0v) is 9.89. The van der Waals surface area contributed by atoms with Gasteiger partial charge in [0.05, 0.1) is 5.69 Å². The lowest BCUT2D eigenvalue weighted by atomic mass is 10.3. The lowest BCUT2D eigenvalue weighted by Gasteiger charge is -2.04. The van der Waals surface area contributed by atoms with Crippen molar-refractivity contribution in [2.75, 3.05) is 7.05 Å². The zero-order valence-electron chi connectivity index (χ0n) is 9.07. The summed E-state index contributed by atoms with van der Waals surface area (Å²) in [6.07, 6.45) is 0. The van der Waals surface area contributed by atoms with Gasteiger partial charge < -0.3 is 9.73 Å². The van der Waals surface area contributed by atoms with Gasteiger partial charge in [-0.15, -0.1) is 11.3 Å². The topological polar surface area (TPSA) is 38.1 Å². The highest BCUT2D eigenvalue weighted by Crippen LogP contribution is 2.27. The molecule has 0 saturated carbocycles. The van der Waals surface area contributed by atoms with Crippen molar-refractivity contribution >= 4 is 11.3 Å². The maximum atomic E-state index is 5.52. The van der Waals surface area contributed by atoms with Gasteiger partial charge >= 0.3 is 0 Å². The second-order valence-electron chi connectivity index (χ2n) is 3.50. The van der Waals surface area contributed by atoms with Gasteiger partial charge in [-0.05, 0) is 33.0 Å². The molecule has 1 N–H and O–H groups in total. The fraction of sp³-hybridized carbons (Fsp3) is 0.364. The van der Waals surface area contributed by atoms with Crippen LogP contribution in [0.5, 0.6) is 0 Å². The summed E-state index contributed by atoms with van der Waals surface area (Å²) in [6.45, 7) is 4.03.